The molecule has 0 saturated heterocycles. The van der Waals surface area contributed by atoms with E-state index in [0.29, 0.717) is 30.3 Å². The van der Waals surface area contributed by atoms with Crippen molar-refractivity contribution in [3.05, 3.63) is 76.2 Å². The molecule has 2 heterocycles. The molecule has 0 N–H and O–H groups in total. The molecule has 8 nitrogen and oxygen atoms in total. The number of esters is 1. The second kappa shape index (κ2) is 8.28. The molecule has 1 aliphatic rings. The van der Waals surface area contributed by atoms with Crippen LogP contribution < -0.4 is 5.56 Å². The Balaban J connectivity index is 1.49. The fourth-order valence-corrected chi connectivity index (χ4v) is 3.34. The summed E-state index contributed by atoms with van der Waals surface area (Å²) in [5, 5.41) is 10.6. The molecule has 3 aromatic rings. The van der Waals surface area contributed by atoms with E-state index in [-0.39, 0.29) is 11.3 Å². The van der Waals surface area contributed by atoms with Gasteiger partial charge in [-0.05, 0) is 18.6 Å². The van der Waals surface area contributed by atoms with Crippen molar-refractivity contribution >= 4 is 28.4 Å². The van der Waals surface area contributed by atoms with E-state index >= 15 is 0 Å². The maximum Gasteiger partial charge on any atom is 0.359 e. The van der Waals surface area contributed by atoms with E-state index in [1.165, 1.54) is 9.69 Å². The van der Waals surface area contributed by atoms with Gasteiger partial charge in [0.1, 0.15) is 0 Å². The molecule has 0 spiro atoms. The van der Waals surface area contributed by atoms with Crippen LogP contribution in [0.1, 0.15) is 29.4 Å². The zero-order chi connectivity index (χ0) is 21.1. The summed E-state index contributed by atoms with van der Waals surface area (Å²) in [7, 11) is 0. The van der Waals surface area contributed by atoms with Gasteiger partial charge in [0.15, 0.2) is 12.3 Å². The number of benzene rings is 2. The first kappa shape index (κ1) is 19.5. The summed E-state index contributed by atoms with van der Waals surface area (Å²) < 4.78 is 6.42. The lowest BCUT2D eigenvalue weighted by Gasteiger charge is -2.12. The number of fused-ring (bicyclic) bond motifs is 1. The van der Waals surface area contributed by atoms with E-state index < -0.39 is 18.5 Å². The quantitative estimate of drug-likeness (QED) is 0.608. The molecule has 8 heteroatoms. The van der Waals surface area contributed by atoms with Crippen molar-refractivity contribution in [2.75, 3.05) is 13.2 Å². The monoisotopic (exact) mass is 404 g/mol. The average Bonchev–Trinajstić information content (AvgIpc) is 3.29. The van der Waals surface area contributed by atoms with Gasteiger partial charge in [-0.1, -0.05) is 48.5 Å². The normalized spacial score (nSPS) is 13.4. The van der Waals surface area contributed by atoms with E-state index in [2.05, 4.69) is 10.2 Å². The number of hydrogen-bond donors (Lipinski definition) is 0. The third-order valence-electron chi connectivity index (χ3n) is 4.88. The number of nitrogens with zero attached hydrogens (tertiary/aromatic N) is 4. The predicted molar refractivity (Wildman–Crippen MR) is 111 cm³/mol. The van der Waals surface area contributed by atoms with Crippen molar-refractivity contribution in [1.29, 1.82) is 0 Å². The number of aromatic nitrogens is 2. The minimum Gasteiger partial charge on any atom is -0.451 e. The molecule has 0 aliphatic carbocycles. The van der Waals surface area contributed by atoms with Gasteiger partial charge >= 0.3 is 5.97 Å². The molecular formula is C22H20N4O4. The standard InChI is InChI=1S/C22H20N4O4/c1-2-25-21(28)17-11-7-6-10-16(17)20(24-25)22(29)30-14-19(27)26-13-12-18(23-26)15-8-4-3-5-9-15/h3-11H,2,12-14H2,1H3. The smallest absolute Gasteiger partial charge is 0.359 e. The summed E-state index contributed by atoms with van der Waals surface area (Å²) in [5.74, 6) is -1.17. The summed E-state index contributed by atoms with van der Waals surface area (Å²) in [6, 6.07) is 16.3. The third-order valence-corrected chi connectivity index (χ3v) is 4.88. The molecule has 1 amide bonds. The van der Waals surface area contributed by atoms with Crippen LogP contribution in [0.5, 0.6) is 0 Å². The third kappa shape index (κ3) is 3.71. The van der Waals surface area contributed by atoms with Crippen molar-refractivity contribution in [3.8, 4) is 0 Å². The van der Waals surface area contributed by atoms with Crippen molar-refractivity contribution in [3.63, 3.8) is 0 Å². The predicted octanol–water partition coefficient (Wildman–Crippen LogP) is 2.21. The van der Waals surface area contributed by atoms with Crippen molar-refractivity contribution < 1.29 is 14.3 Å². The van der Waals surface area contributed by atoms with Crippen LogP contribution in [0.3, 0.4) is 0 Å². The highest BCUT2D eigenvalue weighted by Gasteiger charge is 2.24. The number of ether oxygens (including phenoxy) is 1. The Kier molecular flexibility index (Phi) is 5.38. The number of amides is 1. The van der Waals surface area contributed by atoms with E-state index in [1.54, 1.807) is 31.2 Å². The Labute approximate surface area is 172 Å². The van der Waals surface area contributed by atoms with E-state index in [0.717, 1.165) is 11.3 Å². The zero-order valence-electron chi connectivity index (χ0n) is 16.4. The van der Waals surface area contributed by atoms with Gasteiger partial charge in [0.05, 0.1) is 17.6 Å². The Morgan fingerprint density at radius 3 is 2.47 bits per heavy atom. The Bertz CT molecular complexity index is 1200. The molecule has 0 radical (unpaired) electrons. The van der Waals surface area contributed by atoms with E-state index in [1.807, 2.05) is 30.3 Å². The van der Waals surface area contributed by atoms with Crippen molar-refractivity contribution in [1.82, 2.24) is 14.8 Å². The first-order chi connectivity index (χ1) is 14.6. The van der Waals surface area contributed by atoms with E-state index in [9.17, 15) is 14.4 Å². The molecule has 0 fully saturated rings. The fraction of sp³-hybridized carbons (Fsp3) is 0.227. The van der Waals surface area contributed by atoms with Gasteiger partial charge in [-0.2, -0.15) is 10.2 Å². The van der Waals surface area contributed by atoms with Gasteiger partial charge in [0.25, 0.3) is 11.5 Å². The Morgan fingerprint density at radius 1 is 1.03 bits per heavy atom. The number of carbonyl (C=O) groups excluding carboxylic acids is 2. The summed E-state index contributed by atoms with van der Waals surface area (Å²) >= 11 is 0. The number of hydrazone groups is 1. The van der Waals surface area contributed by atoms with Crippen LogP contribution in [0.2, 0.25) is 0 Å². The molecule has 1 aromatic heterocycles. The Hall–Kier alpha value is -3.81. The van der Waals surface area contributed by atoms with Crippen LogP contribution in [-0.2, 0) is 16.1 Å². The molecule has 30 heavy (non-hydrogen) atoms. The molecule has 152 valence electrons. The van der Waals surface area contributed by atoms with E-state index in [4.69, 9.17) is 4.74 Å². The molecular weight excluding hydrogens is 384 g/mol. The van der Waals surface area contributed by atoms with Crippen LogP contribution >= 0.6 is 0 Å². The second-order valence-electron chi connectivity index (χ2n) is 6.77. The minimum absolute atomic E-state index is 0.00903. The van der Waals surface area contributed by atoms with Gasteiger partial charge in [-0.3, -0.25) is 9.59 Å². The molecule has 1 aliphatic heterocycles. The Morgan fingerprint density at radius 2 is 1.73 bits per heavy atom. The molecule has 0 saturated carbocycles. The lowest BCUT2D eigenvalue weighted by atomic mass is 10.1. The number of carbonyl (C=O) groups is 2. The summed E-state index contributed by atoms with van der Waals surface area (Å²) in [5.41, 5.74) is 1.51. The number of rotatable bonds is 5. The van der Waals surface area contributed by atoms with Gasteiger partial charge in [-0.15, -0.1) is 0 Å². The van der Waals surface area contributed by atoms with Crippen LogP contribution in [0.25, 0.3) is 10.8 Å². The minimum atomic E-state index is -0.756. The van der Waals surface area contributed by atoms with Crippen LogP contribution in [0, 0.1) is 0 Å². The first-order valence-corrected chi connectivity index (χ1v) is 9.68. The summed E-state index contributed by atoms with van der Waals surface area (Å²) in [6.45, 7) is 2.05. The zero-order valence-corrected chi connectivity index (χ0v) is 16.4. The number of hydrogen-bond acceptors (Lipinski definition) is 6. The van der Waals surface area contributed by atoms with Crippen molar-refractivity contribution in [2.24, 2.45) is 5.10 Å². The molecule has 0 atom stereocenters. The summed E-state index contributed by atoms with van der Waals surface area (Å²) in [6.07, 6.45) is 0.636. The molecule has 0 bridgehead atoms. The van der Waals surface area contributed by atoms with Gasteiger partial charge in [0, 0.05) is 18.4 Å². The largest absolute Gasteiger partial charge is 0.451 e. The maximum absolute atomic E-state index is 12.6. The van der Waals surface area contributed by atoms with Crippen molar-refractivity contribution in [2.45, 2.75) is 19.9 Å². The lowest BCUT2D eigenvalue weighted by Crippen LogP contribution is -2.30. The van der Waals surface area contributed by atoms with Gasteiger partial charge in [0.2, 0.25) is 0 Å². The average molecular weight is 404 g/mol. The lowest BCUT2D eigenvalue weighted by molar-refractivity contribution is -0.134. The highest BCUT2D eigenvalue weighted by Crippen LogP contribution is 2.16. The highest BCUT2D eigenvalue weighted by atomic mass is 16.5. The first-order valence-electron chi connectivity index (χ1n) is 9.68. The van der Waals surface area contributed by atoms with Crippen LogP contribution in [-0.4, -0.2) is 45.5 Å². The maximum atomic E-state index is 12.6. The van der Waals surface area contributed by atoms with Crippen LogP contribution in [0.15, 0.2) is 64.5 Å². The molecule has 4 rings (SSSR count). The molecule has 0 unspecified atom stereocenters. The number of aryl methyl sites for hydroxylation is 1. The second-order valence-corrected chi connectivity index (χ2v) is 6.77. The fourth-order valence-electron chi connectivity index (χ4n) is 3.34. The van der Waals surface area contributed by atoms with Crippen LogP contribution in [0.4, 0.5) is 0 Å². The van der Waals surface area contributed by atoms with Gasteiger partial charge in [-0.25, -0.2) is 14.5 Å². The SMILES string of the molecule is CCn1nc(C(=O)OCC(=O)N2CCC(c3ccccc3)=N2)c2ccccc2c1=O. The summed E-state index contributed by atoms with van der Waals surface area (Å²) in [4.78, 5) is 37.5. The topological polar surface area (TPSA) is 93.9 Å². The molecule has 2 aromatic carbocycles. The van der Waals surface area contributed by atoms with Gasteiger partial charge < -0.3 is 4.74 Å². The highest BCUT2D eigenvalue weighted by molar-refractivity contribution is 6.04.